The Morgan fingerprint density at radius 1 is 1.21 bits per heavy atom. The Morgan fingerprint density at radius 2 is 1.93 bits per heavy atom. The van der Waals surface area contributed by atoms with Crippen molar-refractivity contribution in [2.24, 2.45) is 7.05 Å². The minimum absolute atomic E-state index is 0.893. The van der Waals surface area contributed by atoms with E-state index in [1.807, 2.05) is 23.7 Å². The molecule has 0 amide bonds. The lowest BCUT2D eigenvalue weighted by atomic mass is 10.2. The van der Waals surface area contributed by atoms with Gasteiger partial charge >= 0.3 is 0 Å². The molecule has 0 atom stereocenters. The summed E-state index contributed by atoms with van der Waals surface area (Å²) in [7, 11) is 1.98. The van der Waals surface area contributed by atoms with Crippen LogP contribution < -0.4 is 0 Å². The van der Waals surface area contributed by atoms with Crippen LogP contribution in [0.15, 0.2) is 24.5 Å². The lowest BCUT2D eigenvalue weighted by molar-refractivity contribution is 0.811. The minimum Gasteiger partial charge on any atom is -0.314 e. The van der Waals surface area contributed by atoms with E-state index in [0.717, 1.165) is 23.6 Å². The molecule has 14 heavy (non-hydrogen) atoms. The molecule has 0 saturated carbocycles. The average Bonchev–Trinajstić information content (AvgIpc) is 2.61. The lowest BCUT2D eigenvalue weighted by Gasteiger charge is -2.01. The van der Waals surface area contributed by atoms with Crippen molar-refractivity contribution in [2.45, 2.75) is 13.3 Å². The Labute approximate surface area is 82.6 Å². The van der Waals surface area contributed by atoms with Crippen LogP contribution in [0.3, 0.4) is 0 Å². The Kier molecular flexibility index (Phi) is 2.26. The normalized spacial score (nSPS) is 10.4. The van der Waals surface area contributed by atoms with E-state index in [-0.39, 0.29) is 0 Å². The highest BCUT2D eigenvalue weighted by molar-refractivity contribution is 5.53. The summed E-state index contributed by atoms with van der Waals surface area (Å²) in [5.74, 6) is 1.89. The fraction of sp³-hybridized carbons (Fsp3) is 0.300. The lowest BCUT2D eigenvalue weighted by Crippen LogP contribution is -1.97. The summed E-state index contributed by atoms with van der Waals surface area (Å²) >= 11 is 0. The molecule has 0 radical (unpaired) electrons. The van der Waals surface area contributed by atoms with Crippen molar-refractivity contribution in [3.8, 4) is 11.4 Å². The zero-order valence-corrected chi connectivity index (χ0v) is 8.31. The van der Waals surface area contributed by atoms with Crippen molar-refractivity contribution >= 4 is 0 Å². The summed E-state index contributed by atoms with van der Waals surface area (Å²) in [6.07, 6.45) is 4.42. The maximum absolute atomic E-state index is 4.14. The topological polar surface area (TPSA) is 43.6 Å². The van der Waals surface area contributed by atoms with Crippen LogP contribution in [-0.2, 0) is 13.5 Å². The molecule has 4 heteroatoms. The van der Waals surface area contributed by atoms with Gasteiger partial charge in [-0.25, -0.2) is 0 Å². The molecule has 0 saturated heterocycles. The van der Waals surface area contributed by atoms with Crippen LogP contribution >= 0.6 is 0 Å². The zero-order valence-electron chi connectivity index (χ0n) is 8.31. The average molecular weight is 188 g/mol. The Bertz CT molecular complexity index is 419. The number of pyridine rings is 1. The van der Waals surface area contributed by atoms with Crippen LogP contribution in [0.2, 0.25) is 0 Å². The Balaban J connectivity index is 2.48. The molecule has 0 fully saturated rings. The summed E-state index contributed by atoms with van der Waals surface area (Å²) in [5, 5.41) is 8.25. The third kappa shape index (κ3) is 1.39. The Hall–Kier alpha value is -1.71. The number of hydrogen-bond donors (Lipinski definition) is 0. The van der Waals surface area contributed by atoms with Gasteiger partial charge in [0, 0.05) is 31.4 Å². The van der Waals surface area contributed by atoms with Crippen LogP contribution in [0.25, 0.3) is 11.4 Å². The van der Waals surface area contributed by atoms with E-state index in [4.69, 9.17) is 0 Å². The summed E-state index contributed by atoms with van der Waals surface area (Å²) in [5.41, 5.74) is 1.05. The molecule has 0 aliphatic rings. The van der Waals surface area contributed by atoms with Crippen molar-refractivity contribution in [3.05, 3.63) is 30.4 Å². The minimum atomic E-state index is 0.893. The first-order chi connectivity index (χ1) is 6.83. The highest BCUT2D eigenvalue weighted by atomic mass is 15.3. The van der Waals surface area contributed by atoms with Crippen molar-refractivity contribution in [3.63, 3.8) is 0 Å². The van der Waals surface area contributed by atoms with Crippen molar-refractivity contribution in [2.75, 3.05) is 0 Å². The standard InChI is InChI=1S/C10H12N4/c1-3-9-12-13-10(14(9)2)8-4-6-11-7-5-8/h4-7H,3H2,1-2H3. The molecule has 2 heterocycles. The second kappa shape index (κ2) is 3.57. The number of nitrogens with zero attached hydrogens (tertiary/aromatic N) is 4. The molecule has 0 spiro atoms. The van der Waals surface area contributed by atoms with E-state index in [1.54, 1.807) is 12.4 Å². The van der Waals surface area contributed by atoms with Gasteiger partial charge in [-0.2, -0.15) is 0 Å². The van der Waals surface area contributed by atoms with E-state index in [0.29, 0.717) is 0 Å². The summed E-state index contributed by atoms with van der Waals surface area (Å²) in [6.45, 7) is 2.07. The summed E-state index contributed by atoms with van der Waals surface area (Å²) in [4.78, 5) is 3.97. The van der Waals surface area contributed by atoms with E-state index >= 15 is 0 Å². The maximum Gasteiger partial charge on any atom is 0.163 e. The second-order valence-corrected chi connectivity index (χ2v) is 3.09. The van der Waals surface area contributed by atoms with Crippen LogP contribution in [0.1, 0.15) is 12.7 Å². The molecule has 4 nitrogen and oxygen atoms in total. The Morgan fingerprint density at radius 3 is 2.50 bits per heavy atom. The molecule has 0 aromatic carbocycles. The molecule has 0 aliphatic carbocycles. The predicted octanol–water partition coefficient (Wildman–Crippen LogP) is 1.44. The largest absolute Gasteiger partial charge is 0.314 e. The first-order valence-corrected chi connectivity index (χ1v) is 4.61. The quantitative estimate of drug-likeness (QED) is 0.716. The van der Waals surface area contributed by atoms with Gasteiger partial charge in [0.2, 0.25) is 0 Å². The molecule has 2 aromatic rings. The van der Waals surface area contributed by atoms with E-state index in [9.17, 15) is 0 Å². The molecule has 0 N–H and O–H groups in total. The summed E-state index contributed by atoms with van der Waals surface area (Å²) < 4.78 is 2.01. The highest BCUT2D eigenvalue weighted by Crippen LogP contribution is 2.15. The number of aromatic nitrogens is 4. The number of aryl methyl sites for hydroxylation is 1. The van der Waals surface area contributed by atoms with Gasteiger partial charge < -0.3 is 4.57 Å². The van der Waals surface area contributed by atoms with Crippen LogP contribution in [0.4, 0.5) is 0 Å². The molecule has 2 rings (SSSR count). The van der Waals surface area contributed by atoms with Crippen molar-refractivity contribution < 1.29 is 0 Å². The highest BCUT2D eigenvalue weighted by Gasteiger charge is 2.07. The van der Waals surface area contributed by atoms with Crippen molar-refractivity contribution in [1.82, 2.24) is 19.7 Å². The van der Waals surface area contributed by atoms with Crippen molar-refractivity contribution in [1.29, 1.82) is 0 Å². The molecule has 0 aliphatic heterocycles. The van der Waals surface area contributed by atoms with Gasteiger partial charge in [-0.15, -0.1) is 10.2 Å². The van der Waals surface area contributed by atoms with Gasteiger partial charge in [0.15, 0.2) is 5.82 Å². The molecular weight excluding hydrogens is 176 g/mol. The zero-order chi connectivity index (χ0) is 9.97. The second-order valence-electron chi connectivity index (χ2n) is 3.09. The van der Waals surface area contributed by atoms with Gasteiger partial charge in [0.25, 0.3) is 0 Å². The van der Waals surface area contributed by atoms with E-state index in [2.05, 4.69) is 22.1 Å². The van der Waals surface area contributed by atoms with Crippen LogP contribution in [0, 0.1) is 0 Å². The smallest absolute Gasteiger partial charge is 0.163 e. The van der Waals surface area contributed by atoms with E-state index < -0.39 is 0 Å². The SMILES string of the molecule is CCc1nnc(-c2ccncc2)n1C. The fourth-order valence-electron chi connectivity index (χ4n) is 1.42. The summed E-state index contributed by atoms with van der Waals surface area (Å²) in [6, 6.07) is 3.87. The fourth-order valence-corrected chi connectivity index (χ4v) is 1.42. The van der Waals surface area contributed by atoms with Gasteiger partial charge in [0.05, 0.1) is 0 Å². The van der Waals surface area contributed by atoms with Crippen LogP contribution in [0.5, 0.6) is 0 Å². The third-order valence-corrected chi connectivity index (χ3v) is 2.22. The maximum atomic E-state index is 4.14. The molecule has 2 aromatic heterocycles. The van der Waals surface area contributed by atoms with Gasteiger partial charge in [-0.3, -0.25) is 4.98 Å². The number of rotatable bonds is 2. The van der Waals surface area contributed by atoms with Crippen LogP contribution in [-0.4, -0.2) is 19.7 Å². The van der Waals surface area contributed by atoms with Gasteiger partial charge in [-0.05, 0) is 12.1 Å². The molecule has 0 bridgehead atoms. The first-order valence-electron chi connectivity index (χ1n) is 4.61. The third-order valence-electron chi connectivity index (χ3n) is 2.22. The van der Waals surface area contributed by atoms with Gasteiger partial charge in [-0.1, -0.05) is 6.92 Å². The molecule has 72 valence electrons. The first kappa shape index (κ1) is 8.87. The molecule has 0 unspecified atom stereocenters. The van der Waals surface area contributed by atoms with Gasteiger partial charge in [0.1, 0.15) is 5.82 Å². The number of hydrogen-bond acceptors (Lipinski definition) is 3. The molecular formula is C10H12N4. The monoisotopic (exact) mass is 188 g/mol. The predicted molar refractivity (Wildman–Crippen MR) is 53.6 cm³/mol. The van der Waals surface area contributed by atoms with E-state index in [1.165, 1.54) is 0 Å².